The van der Waals surface area contributed by atoms with Gasteiger partial charge in [-0.25, -0.2) is 13.4 Å². The van der Waals surface area contributed by atoms with Gasteiger partial charge in [0.05, 0.1) is 22.5 Å². The van der Waals surface area contributed by atoms with Crippen LogP contribution in [-0.2, 0) is 36.3 Å². The highest BCUT2D eigenvalue weighted by molar-refractivity contribution is 7.75. The quantitative estimate of drug-likeness (QED) is 0.786. The van der Waals surface area contributed by atoms with Gasteiger partial charge in [0.2, 0.25) is 0 Å². The Hall–Kier alpha value is -2.29. The highest BCUT2D eigenvalue weighted by Gasteiger charge is 2.26. The number of nitrogens with one attached hydrogen (secondary N) is 1. The fourth-order valence-electron chi connectivity index (χ4n) is 3.75. The summed E-state index contributed by atoms with van der Waals surface area (Å²) >= 11 is 0. The van der Waals surface area contributed by atoms with Crippen molar-refractivity contribution in [3.8, 4) is 0 Å². The third-order valence-corrected chi connectivity index (χ3v) is 6.07. The second kappa shape index (κ2) is 7.03. The van der Waals surface area contributed by atoms with E-state index in [4.69, 9.17) is 4.98 Å². The number of aromatic nitrogens is 3. The fraction of sp³-hybridized carbons (Fsp3) is 0.500. The minimum atomic E-state index is -2.61. The number of fused-ring (bicyclic) bond motifs is 2. The summed E-state index contributed by atoms with van der Waals surface area (Å²) in [7, 11) is -2.61. The third kappa shape index (κ3) is 3.36. The van der Waals surface area contributed by atoms with Crippen LogP contribution in [0.4, 0.5) is 14.9 Å². The second-order valence-corrected chi connectivity index (χ2v) is 8.39. The Morgan fingerprint density at radius 3 is 2.41 bits per heavy atom. The molecular weight excluding hydrogens is 369 g/mol. The van der Waals surface area contributed by atoms with Gasteiger partial charge in [-0.15, -0.1) is 4.36 Å². The molecule has 2 heterocycles. The van der Waals surface area contributed by atoms with Crippen molar-refractivity contribution in [3.05, 3.63) is 34.5 Å². The maximum atomic E-state index is 14.0. The van der Waals surface area contributed by atoms with Crippen molar-refractivity contribution in [2.75, 3.05) is 5.32 Å². The van der Waals surface area contributed by atoms with Crippen molar-refractivity contribution >= 4 is 22.3 Å². The number of anilines is 1. The average molecular weight is 391 g/mol. The van der Waals surface area contributed by atoms with Crippen LogP contribution in [0.25, 0.3) is 0 Å². The van der Waals surface area contributed by atoms with Gasteiger partial charge in [-0.3, -0.25) is 9.67 Å². The van der Waals surface area contributed by atoms with E-state index in [0.29, 0.717) is 0 Å². The van der Waals surface area contributed by atoms with E-state index in [1.807, 2.05) is 13.8 Å². The summed E-state index contributed by atoms with van der Waals surface area (Å²) in [6.07, 6.45) is 6.75. The van der Waals surface area contributed by atoms with Gasteiger partial charge in [-0.2, -0.15) is 5.10 Å². The van der Waals surface area contributed by atoms with Crippen LogP contribution in [-0.4, -0.2) is 25.0 Å². The van der Waals surface area contributed by atoms with Crippen LogP contribution in [0.5, 0.6) is 0 Å². The lowest BCUT2D eigenvalue weighted by Gasteiger charge is -2.13. The Morgan fingerprint density at radius 1 is 1.22 bits per heavy atom. The van der Waals surface area contributed by atoms with Crippen molar-refractivity contribution in [2.24, 2.45) is 4.36 Å². The van der Waals surface area contributed by atoms with Crippen molar-refractivity contribution in [3.63, 3.8) is 0 Å². The second-order valence-electron chi connectivity index (χ2n) is 7.22. The molecule has 1 unspecified atom stereocenters. The molecule has 0 spiro atoms. The number of carbonyl (C=O) groups is 1. The molecule has 4 rings (SSSR count). The molecule has 0 aromatic carbocycles. The largest absolute Gasteiger partial charge is 0.353 e. The fourth-order valence-corrected chi connectivity index (χ4v) is 4.48. The molecule has 27 heavy (non-hydrogen) atoms. The van der Waals surface area contributed by atoms with Crippen LogP contribution in [0.2, 0.25) is 0 Å². The van der Waals surface area contributed by atoms with Gasteiger partial charge in [0.25, 0.3) is 0 Å². The molecule has 0 aliphatic heterocycles. The molecule has 0 saturated carbocycles. The number of thiol groups is 1. The zero-order valence-corrected chi connectivity index (χ0v) is 16.2. The normalized spacial score (nSPS) is 16.6. The van der Waals surface area contributed by atoms with E-state index in [0.717, 1.165) is 66.7 Å². The molecule has 1 N–H and O–H groups in total. The van der Waals surface area contributed by atoms with Gasteiger partial charge < -0.3 is 5.32 Å². The molecule has 0 saturated heterocycles. The SMILES string of the molecule is CC(C)n1cc(F)c(/[SH](=O)=N/C(=O)Nc2c3c(nc4c2CCC4)CCC3)n1. The first kappa shape index (κ1) is 18.1. The van der Waals surface area contributed by atoms with Gasteiger partial charge in [-0.1, -0.05) is 0 Å². The van der Waals surface area contributed by atoms with Gasteiger partial charge in [-0.05, 0) is 63.5 Å². The molecule has 9 heteroatoms. The molecular formula is C18H22FN5O2S. The molecule has 7 nitrogen and oxygen atoms in total. The third-order valence-electron chi connectivity index (χ3n) is 5.04. The standard InChI is InChI=1S/C18H22FN5O2S/c1-10(2)24-9-13(19)17(22-24)27(26)23-18(25)21-16-11-5-3-7-14(11)20-15-8-4-6-12(15)16/h9-10,27H,3-8H2,1-2H3,(H,20,21,25). The Balaban J connectivity index is 1.62. The number of amides is 2. The lowest BCUT2D eigenvalue weighted by molar-refractivity contribution is 0.260. The zero-order chi connectivity index (χ0) is 19.1. The van der Waals surface area contributed by atoms with Gasteiger partial charge in [0.15, 0.2) is 10.8 Å². The van der Waals surface area contributed by atoms with Crippen molar-refractivity contribution < 1.29 is 13.4 Å². The number of hydrogen-bond acceptors (Lipinski definition) is 4. The van der Waals surface area contributed by atoms with Gasteiger partial charge >= 0.3 is 6.03 Å². The summed E-state index contributed by atoms with van der Waals surface area (Å²) in [6.45, 7) is 3.66. The van der Waals surface area contributed by atoms with E-state index in [1.54, 1.807) is 0 Å². The number of rotatable bonds is 3. The van der Waals surface area contributed by atoms with Crippen molar-refractivity contribution in [2.45, 2.75) is 63.4 Å². The summed E-state index contributed by atoms with van der Waals surface area (Å²) in [5.74, 6) is -0.716. The number of pyridine rings is 1. The molecule has 2 aromatic rings. The van der Waals surface area contributed by atoms with E-state index in [9.17, 15) is 13.4 Å². The maximum Gasteiger partial charge on any atom is 0.353 e. The molecule has 1 atom stereocenters. The van der Waals surface area contributed by atoms with E-state index in [1.165, 1.54) is 10.9 Å². The van der Waals surface area contributed by atoms with E-state index in [-0.39, 0.29) is 11.1 Å². The minimum Gasteiger partial charge on any atom is -0.305 e. The molecule has 2 amide bonds. The highest BCUT2D eigenvalue weighted by atomic mass is 32.2. The Kier molecular flexibility index (Phi) is 4.71. The van der Waals surface area contributed by atoms with E-state index >= 15 is 0 Å². The first-order chi connectivity index (χ1) is 12.9. The number of hydrogen-bond donors (Lipinski definition) is 2. The maximum absolute atomic E-state index is 14.0. The lowest BCUT2D eigenvalue weighted by Crippen LogP contribution is -2.12. The predicted octanol–water partition coefficient (Wildman–Crippen LogP) is 3.23. The van der Waals surface area contributed by atoms with Crippen LogP contribution in [0.3, 0.4) is 0 Å². The topological polar surface area (TPSA) is 89.2 Å². The smallest absolute Gasteiger partial charge is 0.305 e. The Morgan fingerprint density at radius 2 is 1.85 bits per heavy atom. The first-order valence-electron chi connectivity index (χ1n) is 9.22. The molecule has 2 aliphatic rings. The Bertz CT molecular complexity index is 975. The van der Waals surface area contributed by atoms with Crippen LogP contribution < -0.4 is 5.32 Å². The van der Waals surface area contributed by atoms with Gasteiger partial charge in [0, 0.05) is 17.4 Å². The predicted molar refractivity (Wildman–Crippen MR) is 100 cm³/mol. The number of halogens is 1. The summed E-state index contributed by atoms with van der Waals surface area (Å²) in [5.41, 5.74) is 4.97. The monoisotopic (exact) mass is 391 g/mol. The summed E-state index contributed by atoms with van der Waals surface area (Å²) in [6, 6.07) is -0.809. The lowest BCUT2D eigenvalue weighted by atomic mass is 10.1. The molecule has 2 aromatic heterocycles. The van der Waals surface area contributed by atoms with Crippen LogP contribution in [0, 0.1) is 5.82 Å². The number of urea groups is 1. The summed E-state index contributed by atoms with van der Waals surface area (Å²) in [5, 5.41) is 6.47. The van der Waals surface area contributed by atoms with E-state index in [2.05, 4.69) is 14.8 Å². The van der Waals surface area contributed by atoms with Crippen molar-refractivity contribution in [1.82, 2.24) is 14.8 Å². The number of aryl methyl sites for hydroxylation is 2. The Labute approximate surface area is 158 Å². The molecule has 0 bridgehead atoms. The van der Waals surface area contributed by atoms with E-state index < -0.39 is 22.4 Å². The average Bonchev–Trinajstić information content (AvgIpc) is 3.32. The molecule has 144 valence electrons. The number of nitrogens with zero attached hydrogens (tertiary/aromatic N) is 4. The zero-order valence-electron chi connectivity index (χ0n) is 15.3. The van der Waals surface area contributed by atoms with Gasteiger partial charge in [0.1, 0.15) is 0 Å². The highest BCUT2D eigenvalue weighted by Crippen LogP contribution is 2.36. The molecule has 2 aliphatic carbocycles. The minimum absolute atomic E-state index is 0.0764. The molecule has 0 radical (unpaired) electrons. The summed E-state index contributed by atoms with van der Waals surface area (Å²) in [4.78, 5) is 17.1. The van der Waals surface area contributed by atoms with Crippen LogP contribution in [0.1, 0.15) is 55.2 Å². The number of carbonyl (C=O) groups excluding carboxylic acids is 1. The first-order valence-corrected chi connectivity index (χ1v) is 10.4. The van der Waals surface area contributed by atoms with Crippen molar-refractivity contribution in [1.29, 1.82) is 0 Å². The molecule has 0 fully saturated rings. The summed E-state index contributed by atoms with van der Waals surface area (Å²) < 4.78 is 31.4. The van der Waals surface area contributed by atoms with Crippen LogP contribution in [0.15, 0.2) is 15.6 Å². The van der Waals surface area contributed by atoms with Crippen LogP contribution >= 0.6 is 0 Å².